The molecule has 10 unspecified atom stereocenters. The van der Waals surface area contributed by atoms with Crippen LogP contribution < -0.4 is 32.7 Å². The topological polar surface area (TPSA) is 247 Å². The van der Waals surface area contributed by atoms with Gasteiger partial charge in [-0.15, -0.1) is 0 Å². The fourth-order valence-corrected chi connectivity index (χ4v) is 14.4. The van der Waals surface area contributed by atoms with Gasteiger partial charge in [-0.1, -0.05) is 56.7 Å². The van der Waals surface area contributed by atoms with Crippen LogP contribution in [0.2, 0.25) is 0 Å². The van der Waals surface area contributed by atoms with Crippen LogP contribution >= 0.6 is 0 Å². The summed E-state index contributed by atoms with van der Waals surface area (Å²) in [6.45, 7) is 26.7. The van der Waals surface area contributed by atoms with Crippen LogP contribution in [0.25, 0.3) is 64.6 Å². The SMILES string of the molecule is CCC12CCCC(C)N=c3ccc4c(=O)n(c(O)c5cccc3c54)C(C)COCC(CC)(COCC(C)OCC(C)n3c(O)c4cccc5c(ccc(c3=O)c45)=NC(C)COC(C)COC1)COCC(C)OCC(C)n1c(O)c3cccc4c(ccc(c1=O)c34)=NC(C)COC(C)COC2. The Morgan fingerprint density at radius 1 is 0.370 bits per heavy atom. The van der Waals surface area contributed by atoms with Crippen LogP contribution in [-0.2, 0) is 42.6 Å². The lowest BCUT2D eigenvalue weighted by Gasteiger charge is -2.33. The van der Waals surface area contributed by atoms with E-state index in [1.54, 1.807) is 12.1 Å². The lowest BCUT2D eigenvalue weighted by molar-refractivity contribution is -0.104. The first-order valence-corrected chi connectivity index (χ1v) is 35.9. The fraction of sp³-hybridized carbons (Fsp3) is 0.544. The summed E-state index contributed by atoms with van der Waals surface area (Å²) in [5.74, 6) is -0.496. The van der Waals surface area contributed by atoms with E-state index in [-0.39, 0.29) is 123 Å². The number of hydrogen-bond acceptors (Lipinski definition) is 18. The zero-order valence-electron chi connectivity index (χ0n) is 60.3. The van der Waals surface area contributed by atoms with Crippen molar-refractivity contribution < 1.29 is 58.0 Å². The van der Waals surface area contributed by atoms with Crippen molar-refractivity contribution >= 4 is 64.6 Å². The summed E-state index contributed by atoms with van der Waals surface area (Å²) in [5, 5.41) is 45.3. The van der Waals surface area contributed by atoms with Gasteiger partial charge in [-0.05, 0) is 150 Å². The molecule has 15 heterocycles. The van der Waals surface area contributed by atoms with Gasteiger partial charge in [-0.2, -0.15) is 0 Å². The standard InChI is InChI=1S/C79H102N6O15/c1-13-78-32-18-19-47(3)80-66-29-26-63-69-57(66)20-15-23-60(69)72(86)83(75(63)89)50(6)35-92-44-79(14-2,45-95-40-55(11)99-36-51(7)84-73(87)61-24-16-21-58-67(30-27-64(70(58)61)76(84)90)81-48(4)33-97-53(9)38-93-42-78)46-96-41-56(12)100-37-52(8)85-74(88)62-25-17-22-59-68(31-28-65(71(59)62)77(85)91)82-49(5)34-98-54(10)39-94-43-78/h15-17,20-31,47-56,86-88H,13-14,18-19,32-46H2,1-12H3. The average Bonchev–Trinajstić information content (AvgIpc) is 0.751. The van der Waals surface area contributed by atoms with E-state index < -0.39 is 35.7 Å². The Morgan fingerprint density at radius 3 is 1.02 bits per heavy atom. The van der Waals surface area contributed by atoms with Crippen LogP contribution in [0.15, 0.2) is 120 Å². The van der Waals surface area contributed by atoms with Gasteiger partial charge in [0.25, 0.3) is 16.7 Å². The highest BCUT2D eigenvalue weighted by molar-refractivity contribution is 6.13. The minimum Gasteiger partial charge on any atom is -0.494 e. The predicted molar refractivity (Wildman–Crippen MR) is 390 cm³/mol. The van der Waals surface area contributed by atoms with Gasteiger partial charge >= 0.3 is 0 Å². The van der Waals surface area contributed by atoms with E-state index in [1.165, 1.54) is 13.7 Å². The molecule has 12 aliphatic heterocycles. The Balaban J connectivity index is 0.941. The van der Waals surface area contributed by atoms with Crippen molar-refractivity contribution in [3.8, 4) is 17.6 Å². The van der Waals surface area contributed by atoms with E-state index in [0.717, 1.165) is 47.2 Å². The normalized spacial score (nSPS) is 27.6. The van der Waals surface area contributed by atoms with Crippen molar-refractivity contribution in [2.75, 3.05) is 92.5 Å². The second-order valence-corrected chi connectivity index (χ2v) is 28.8. The molecule has 0 spiro atoms. The molecule has 0 saturated heterocycles. The van der Waals surface area contributed by atoms with Gasteiger partial charge in [0, 0.05) is 81.5 Å². The Morgan fingerprint density at radius 2 is 0.670 bits per heavy atom. The first kappa shape index (κ1) is 73.8. The zero-order chi connectivity index (χ0) is 71.2. The summed E-state index contributed by atoms with van der Waals surface area (Å²) >= 11 is 0. The molecule has 0 saturated carbocycles. The predicted octanol–water partition coefficient (Wildman–Crippen LogP) is 11.2. The van der Waals surface area contributed by atoms with Crippen LogP contribution in [0.5, 0.6) is 17.6 Å². The van der Waals surface area contributed by atoms with Crippen LogP contribution in [0, 0.1) is 10.8 Å². The maximum absolute atomic E-state index is 14.7. The van der Waals surface area contributed by atoms with Crippen molar-refractivity contribution in [1.29, 1.82) is 0 Å². The number of nitrogens with zero attached hydrogens (tertiary/aromatic N) is 6. The highest BCUT2D eigenvalue weighted by Crippen LogP contribution is 2.36. The second kappa shape index (κ2) is 32.3. The number of benzene rings is 6. The minimum atomic E-state index is -0.739. The molecule has 100 heavy (non-hydrogen) atoms. The molecule has 538 valence electrons. The molecule has 3 aromatic heterocycles. The van der Waals surface area contributed by atoms with Gasteiger partial charge in [0.05, 0.1) is 163 Å². The van der Waals surface area contributed by atoms with Gasteiger partial charge in [-0.3, -0.25) is 43.1 Å². The molecule has 0 aliphatic carbocycles. The highest BCUT2D eigenvalue weighted by atomic mass is 16.6. The third-order valence-electron chi connectivity index (χ3n) is 20.3. The first-order chi connectivity index (χ1) is 48.0. The van der Waals surface area contributed by atoms with Gasteiger partial charge in [0.1, 0.15) is 0 Å². The third-order valence-corrected chi connectivity index (χ3v) is 20.3. The molecule has 3 N–H and O–H groups in total. The Kier molecular flexibility index (Phi) is 23.8. The maximum Gasteiger partial charge on any atom is 0.261 e. The third kappa shape index (κ3) is 15.9. The summed E-state index contributed by atoms with van der Waals surface area (Å²) < 4.78 is 62.7. The lowest BCUT2D eigenvalue weighted by Crippen LogP contribution is -2.39. The highest BCUT2D eigenvalue weighted by Gasteiger charge is 2.34. The van der Waals surface area contributed by atoms with Crippen LogP contribution in [0.1, 0.15) is 133 Å². The van der Waals surface area contributed by atoms with E-state index in [1.807, 2.05) is 148 Å². The summed E-state index contributed by atoms with van der Waals surface area (Å²) in [6, 6.07) is 25.5. The Bertz CT molecular complexity index is 4510. The summed E-state index contributed by atoms with van der Waals surface area (Å²) in [6.07, 6.45) is 2.21. The second-order valence-electron chi connectivity index (χ2n) is 28.8. The molecule has 12 aliphatic rings. The molecule has 21 nitrogen and oxygen atoms in total. The van der Waals surface area contributed by atoms with Crippen molar-refractivity contribution in [2.24, 2.45) is 25.8 Å². The molecule has 6 aromatic carbocycles. The number of rotatable bonds is 2. The molecule has 9 aromatic rings. The zero-order valence-corrected chi connectivity index (χ0v) is 60.3. The van der Waals surface area contributed by atoms with Crippen molar-refractivity contribution in [3.05, 3.63) is 138 Å². The lowest BCUT2D eigenvalue weighted by atomic mass is 9.81. The number of aromatic hydroxyl groups is 3. The number of pyridine rings is 3. The van der Waals surface area contributed by atoms with E-state index in [4.69, 9.17) is 57.6 Å². The largest absolute Gasteiger partial charge is 0.494 e. The molecule has 21 rings (SSSR count). The summed E-state index contributed by atoms with van der Waals surface area (Å²) in [7, 11) is 0. The fourth-order valence-electron chi connectivity index (χ4n) is 14.4. The monoisotopic (exact) mass is 1370 g/mol. The van der Waals surface area contributed by atoms with Crippen LogP contribution in [-0.4, -0.2) is 164 Å². The van der Waals surface area contributed by atoms with Gasteiger partial charge in [-0.25, -0.2) is 0 Å². The molecular formula is C79H102N6O15. The molecule has 21 heteroatoms. The molecular weight excluding hydrogens is 1270 g/mol. The Labute approximate surface area is 583 Å². The average molecular weight is 1380 g/mol. The van der Waals surface area contributed by atoms with E-state index in [2.05, 4.69) is 13.8 Å². The molecule has 0 radical (unpaired) electrons. The minimum absolute atomic E-state index is 0.0583. The summed E-state index contributed by atoms with van der Waals surface area (Å²) in [5.41, 5.74) is -2.18. The molecule has 10 atom stereocenters. The number of aromatic nitrogens is 3. The quantitative estimate of drug-likeness (QED) is 0.146. The number of ether oxygens (including phenoxy) is 9. The van der Waals surface area contributed by atoms with E-state index in [0.29, 0.717) is 105 Å². The first-order valence-electron chi connectivity index (χ1n) is 35.9. The Hall–Kier alpha value is -7.44. The molecule has 0 amide bonds. The van der Waals surface area contributed by atoms with E-state index in [9.17, 15) is 29.7 Å². The molecule has 0 fully saturated rings. The van der Waals surface area contributed by atoms with Gasteiger partial charge in [0.15, 0.2) is 0 Å². The van der Waals surface area contributed by atoms with Crippen LogP contribution in [0.3, 0.4) is 0 Å². The van der Waals surface area contributed by atoms with Crippen molar-refractivity contribution in [3.63, 3.8) is 0 Å². The maximum atomic E-state index is 14.7. The summed E-state index contributed by atoms with van der Waals surface area (Å²) in [4.78, 5) is 59.1. The molecule has 20 bridgehead atoms. The number of hydrogen-bond donors (Lipinski definition) is 3. The van der Waals surface area contributed by atoms with Gasteiger partial charge < -0.3 is 58.0 Å². The smallest absolute Gasteiger partial charge is 0.261 e. The van der Waals surface area contributed by atoms with Crippen molar-refractivity contribution in [1.82, 2.24) is 13.7 Å². The van der Waals surface area contributed by atoms with Crippen LogP contribution in [0.4, 0.5) is 0 Å². The van der Waals surface area contributed by atoms with Gasteiger partial charge in [0.2, 0.25) is 17.6 Å². The van der Waals surface area contributed by atoms with Crippen molar-refractivity contribution in [2.45, 2.75) is 176 Å². The van der Waals surface area contributed by atoms with E-state index >= 15 is 0 Å².